The first-order valence-electron chi connectivity index (χ1n) is 9.04. The van der Waals surface area contributed by atoms with Gasteiger partial charge in [-0.3, -0.25) is 9.59 Å². The van der Waals surface area contributed by atoms with Gasteiger partial charge in [0.1, 0.15) is 0 Å². The standard InChI is InChI=1S/C19H27N3O2/c1-3-13(2)20-18(23)16-12-17(16)19(24)21-14-6-8-15(9-7-14)22-10-4-5-11-22/h6-9,13,16-17H,3-5,10-12H2,1-2H3,(H,20,23)(H,21,24). The Balaban J connectivity index is 1.50. The van der Waals surface area contributed by atoms with E-state index in [1.54, 1.807) is 0 Å². The monoisotopic (exact) mass is 329 g/mol. The highest BCUT2D eigenvalue weighted by Gasteiger charge is 2.48. The second-order valence-corrected chi connectivity index (χ2v) is 7.00. The number of nitrogens with one attached hydrogen (secondary N) is 2. The topological polar surface area (TPSA) is 61.4 Å². The molecular formula is C19H27N3O2. The van der Waals surface area contributed by atoms with Crippen molar-refractivity contribution >= 4 is 23.2 Å². The maximum atomic E-state index is 12.3. The van der Waals surface area contributed by atoms with Crippen LogP contribution < -0.4 is 15.5 Å². The number of hydrogen-bond acceptors (Lipinski definition) is 3. The fourth-order valence-corrected chi connectivity index (χ4v) is 3.19. The summed E-state index contributed by atoms with van der Waals surface area (Å²) in [5, 5.41) is 5.89. The van der Waals surface area contributed by atoms with Crippen molar-refractivity contribution < 1.29 is 9.59 Å². The predicted molar refractivity (Wildman–Crippen MR) is 96.0 cm³/mol. The Morgan fingerprint density at radius 2 is 1.75 bits per heavy atom. The van der Waals surface area contributed by atoms with E-state index in [1.165, 1.54) is 18.5 Å². The first kappa shape index (κ1) is 16.8. The van der Waals surface area contributed by atoms with Gasteiger partial charge in [0.25, 0.3) is 0 Å². The van der Waals surface area contributed by atoms with Crippen molar-refractivity contribution in [1.82, 2.24) is 5.32 Å². The molecule has 1 heterocycles. The van der Waals surface area contributed by atoms with E-state index in [0.717, 1.165) is 25.2 Å². The van der Waals surface area contributed by atoms with Crippen LogP contribution in [0.5, 0.6) is 0 Å². The molecule has 3 unspecified atom stereocenters. The second kappa shape index (κ2) is 7.24. The molecule has 1 saturated heterocycles. The quantitative estimate of drug-likeness (QED) is 0.843. The molecule has 2 fully saturated rings. The summed E-state index contributed by atoms with van der Waals surface area (Å²) in [4.78, 5) is 26.7. The Labute approximate surface area is 143 Å². The van der Waals surface area contributed by atoms with E-state index >= 15 is 0 Å². The Morgan fingerprint density at radius 1 is 1.12 bits per heavy atom. The van der Waals surface area contributed by atoms with Crippen LogP contribution in [0.3, 0.4) is 0 Å². The minimum atomic E-state index is -0.188. The van der Waals surface area contributed by atoms with E-state index < -0.39 is 0 Å². The molecule has 0 bridgehead atoms. The average Bonchev–Trinajstić information content (AvgIpc) is 3.22. The summed E-state index contributed by atoms with van der Waals surface area (Å²) in [5.41, 5.74) is 2.01. The molecule has 0 spiro atoms. The molecular weight excluding hydrogens is 302 g/mol. The summed E-state index contributed by atoms with van der Waals surface area (Å²) in [7, 11) is 0. The average molecular weight is 329 g/mol. The molecule has 0 aromatic heterocycles. The van der Waals surface area contributed by atoms with Crippen LogP contribution in [0.2, 0.25) is 0 Å². The molecule has 5 nitrogen and oxygen atoms in total. The highest BCUT2D eigenvalue weighted by molar-refractivity contribution is 5.99. The van der Waals surface area contributed by atoms with Crippen molar-refractivity contribution in [3.63, 3.8) is 0 Å². The lowest BCUT2D eigenvalue weighted by Gasteiger charge is -2.17. The zero-order chi connectivity index (χ0) is 17.1. The number of carbonyl (C=O) groups excluding carboxylic acids is 2. The van der Waals surface area contributed by atoms with Crippen LogP contribution in [0.25, 0.3) is 0 Å². The van der Waals surface area contributed by atoms with Gasteiger partial charge in [-0.05, 0) is 56.9 Å². The molecule has 1 aromatic carbocycles. The van der Waals surface area contributed by atoms with Crippen molar-refractivity contribution in [1.29, 1.82) is 0 Å². The summed E-state index contributed by atoms with van der Waals surface area (Å²) in [6, 6.07) is 8.17. The third-order valence-corrected chi connectivity index (χ3v) is 5.07. The van der Waals surface area contributed by atoms with Gasteiger partial charge >= 0.3 is 0 Å². The molecule has 1 saturated carbocycles. The molecule has 1 aliphatic carbocycles. The highest BCUT2D eigenvalue weighted by Crippen LogP contribution is 2.39. The van der Waals surface area contributed by atoms with E-state index in [-0.39, 0.29) is 29.7 Å². The number of amides is 2. The first-order chi connectivity index (χ1) is 11.6. The second-order valence-electron chi connectivity index (χ2n) is 7.00. The van der Waals surface area contributed by atoms with Gasteiger partial charge in [-0.25, -0.2) is 0 Å². The Bertz CT molecular complexity index is 593. The molecule has 1 aromatic rings. The van der Waals surface area contributed by atoms with Gasteiger partial charge < -0.3 is 15.5 Å². The van der Waals surface area contributed by atoms with Crippen LogP contribution in [0.15, 0.2) is 24.3 Å². The van der Waals surface area contributed by atoms with Crippen molar-refractivity contribution in [3.05, 3.63) is 24.3 Å². The maximum Gasteiger partial charge on any atom is 0.228 e. The summed E-state index contributed by atoms with van der Waals surface area (Å²) in [6.45, 7) is 6.24. The molecule has 0 radical (unpaired) electrons. The molecule has 3 atom stereocenters. The molecule has 24 heavy (non-hydrogen) atoms. The number of rotatable bonds is 6. The molecule has 2 N–H and O–H groups in total. The lowest BCUT2D eigenvalue weighted by molar-refractivity contribution is -0.125. The normalized spacial score (nSPS) is 23.7. The summed E-state index contributed by atoms with van der Waals surface area (Å²) >= 11 is 0. The molecule has 2 amide bonds. The Hall–Kier alpha value is -2.04. The molecule has 2 aliphatic rings. The first-order valence-corrected chi connectivity index (χ1v) is 9.04. The fourth-order valence-electron chi connectivity index (χ4n) is 3.19. The largest absolute Gasteiger partial charge is 0.372 e. The summed E-state index contributed by atoms with van der Waals surface area (Å²) in [5.74, 6) is -0.391. The molecule has 3 rings (SSSR count). The van der Waals surface area contributed by atoms with E-state index in [2.05, 4.69) is 27.7 Å². The van der Waals surface area contributed by atoms with E-state index in [4.69, 9.17) is 0 Å². The van der Waals surface area contributed by atoms with Crippen molar-refractivity contribution in [2.24, 2.45) is 11.8 Å². The van der Waals surface area contributed by atoms with Crippen molar-refractivity contribution in [2.45, 2.75) is 45.6 Å². The minimum absolute atomic E-state index is 0.00822. The summed E-state index contributed by atoms with van der Waals surface area (Å²) < 4.78 is 0. The zero-order valence-electron chi connectivity index (χ0n) is 14.5. The molecule has 1 aliphatic heterocycles. The van der Waals surface area contributed by atoms with Gasteiger partial charge in [-0.15, -0.1) is 0 Å². The van der Waals surface area contributed by atoms with Gasteiger partial charge in [-0.1, -0.05) is 6.92 Å². The van der Waals surface area contributed by atoms with Crippen LogP contribution in [0.4, 0.5) is 11.4 Å². The predicted octanol–water partition coefficient (Wildman–Crippen LogP) is 2.78. The van der Waals surface area contributed by atoms with Crippen LogP contribution in [0.1, 0.15) is 39.5 Å². The molecule has 5 heteroatoms. The van der Waals surface area contributed by atoms with Gasteiger partial charge in [0.05, 0.1) is 11.8 Å². The Morgan fingerprint density at radius 3 is 2.38 bits per heavy atom. The van der Waals surface area contributed by atoms with E-state index in [0.29, 0.717) is 6.42 Å². The van der Waals surface area contributed by atoms with Crippen LogP contribution in [-0.2, 0) is 9.59 Å². The third kappa shape index (κ3) is 3.89. The van der Waals surface area contributed by atoms with E-state index in [9.17, 15) is 9.59 Å². The van der Waals surface area contributed by atoms with Gasteiger partial charge in [-0.2, -0.15) is 0 Å². The van der Waals surface area contributed by atoms with Crippen LogP contribution >= 0.6 is 0 Å². The lowest BCUT2D eigenvalue weighted by Crippen LogP contribution is -2.34. The van der Waals surface area contributed by atoms with Crippen molar-refractivity contribution in [2.75, 3.05) is 23.3 Å². The SMILES string of the molecule is CCC(C)NC(=O)C1CC1C(=O)Nc1ccc(N2CCCC2)cc1. The van der Waals surface area contributed by atoms with Gasteiger partial charge in [0.2, 0.25) is 11.8 Å². The van der Waals surface area contributed by atoms with Crippen LogP contribution in [0, 0.1) is 11.8 Å². The Kier molecular flexibility index (Phi) is 5.07. The zero-order valence-corrected chi connectivity index (χ0v) is 14.5. The van der Waals surface area contributed by atoms with Crippen molar-refractivity contribution in [3.8, 4) is 0 Å². The van der Waals surface area contributed by atoms with Gasteiger partial charge in [0, 0.05) is 30.5 Å². The number of hydrogen-bond donors (Lipinski definition) is 2. The number of carbonyl (C=O) groups is 2. The summed E-state index contributed by atoms with van der Waals surface area (Å²) in [6.07, 6.45) is 4.05. The number of anilines is 2. The third-order valence-electron chi connectivity index (χ3n) is 5.07. The lowest BCUT2D eigenvalue weighted by atomic mass is 10.2. The highest BCUT2D eigenvalue weighted by atomic mass is 16.2. The fraction of sp³-hybridized carbons (Fsp3) is 0.579. The number of benzene rings is 1. The molecule has 130 valence electrons. The number of nitrogens with zero attached hydrogens (tertiary/aromatic N) is 1. The smallest absolute Gasteiger partial charge is 0.228 e. The van der Waals surface area contributed by atoms with Gasteiger partial charge in [0.15, 0.2) is 0 Å². The van der Waals surface area contributed by atoms with Crippen LogP contribution in [-0.4, -0.2) is 30.9 Å². The van der Waals surface area contributed by atoms with E-state index in [1.807, 2.05) is 26.0 Å². The maximum absolute atomic E-state index is 12.3. The minimum Gasteiger partial charge on any atom is -0.372 e.